The molecule has 0 saturated heterocycles. The molecule has 1 aliphatic carbocycles. The molecule has 1 saturated carbocycles. The fraction of sp³-hybridized carbons (Fsp3) is 1.00. The highest BCUT2D eigenvalue weighted by atomic mass is 32.2. The van der Waals surface area contributed by atoms with Gasteiger partial charge < -0.3 is 5.32 Å². The zero-order valence-corrected chi connectivity index (χ0v) is 12.1. The highest BCUT2D eigenvalue weighted by Crippen LogP contribution is 2.24. The van der Waals surface area contributed by atoms with Crippen LogP contribution in [0, 0.1) is 0 Å². The van der Waals surface area contributed by atoms with Crippen LogP contribution in [0.5, 0.6) is 0 Å². The molecule has 0 bridgehead atoms. The van der Waals surface area contributed by atoms with Gasteiger partial charge in [-0.3, -0.25) is 0 Å². The first-order chi connectivity index (χ1) is 8.11. The van der Waals surface area contributed by atoms with Gasteiger partial charge >= 0.3 is 0 Å². The first-order valence-electron chi connectivity index (χ1n) is 7.06. The first-order valence-corrected chi connectivity index (χ1v) is 8.78. The predicted molar refractivity (Wildman–Crippen MR) is 73.0 cm³/mol. The molecule has 1 fully saturated rings. The highest BCUT2D eigenvalue weighted by molar-refractivity contribution is 7.92. The van der Waals surface area contributed by atoms with Crippen molar-refractivity contribution in [2.45, 2.75) is 70.1 Å². The van der Waals surface area contributed by atoms with Crippen molar-refractivity contribution in [3.8, 4) is 0 Å². The lowest BCUT2D eigenvalue weighted by molar-refractivity contribution is 0.459. The summed E-state index contributed by atoms with van der Waals surface area (Å²) in [7, 11) is -2.90. The van der Waals surface area contributed by atoms with Crippen molar-refractivity contribution in [3.63, 3.8) is 0 Å². The van der Waals surface area contributed by atoms with Crippen LogP contribution < -0.4 is 5.32 Å². The lowest BCUT2D eigenvalue weighted by Crippen LogP contribution is -2.44. The summed E-state index contributed by atoms with van der Waals surface area (Å²) < 4.78 is 24.7. The fourth-order valence-corrected chi connectivity index (χ4v) is 4.95. The third-order valence-electron chi connectivity index (χ3n) is 3.66. The molecule has 102 valence electrons. The largest absolute Gasteiger partial charge is 0.313 e. The van der Waals surface area contributed by atoms with E-state index in [1.54, 1.807) is 0 Å². The van der Waals surface area contributed by atoms with Crippen molar-refractivity contribution in [2.24, 2.45) is 0 Å². The van der Waals surface area contributed by atoms with Crippen molar-refractivity contribution >= 4 is 9.84 Å². The van der Waals surface area contributed by atoms with Crippen molar-refractivity contribution in [1.82, 2.24) is 5.32 Å². The SMILES string of the molecule is CCCCS(=O)(=O)C1CCCCCC1NCC. The lowest BCUT2D eigenvalue weighted by Gasteiger charge is -2.25. The van der Waals surface area contributed by atoms with Gasteiger partial charge in [0.2, 0.25) is 0 Å². The molecular formula is C13H27NO2S. The molecule has 0 aromatic heterocycles. The molecule has 0 spiro atoms. The monoisotopic (exact) mass is 261 g/mol. The van der Waals surface area contributed by atoms with Crippen LogP contribution in [0.3, 0.4) is 0 Å². The van der Waals surface area contributed by atoms with E-state index in [-0.39, 0.29) is 11.3 Å². The van der Waals surface area contributed by atoms with Gasteiger partial charge in [-0.15, -0.1) is 0 Å². The molecule has 0 aromatic rings. The van der Waals surface area contributed by atoms with Crippen LogP contribution >= 0.6 is 0 Å². The molecule has 0 heterocycles. The third-order valence-corrected chi connectivity index (χ3v) is 6.01. The average Bonchev–Trinajstić information content (AvgIpc) is 2.53. The Bertz CT molecular complexity index is 301. The minimum Gasteiger partial charge on any atom is -0.313 e. The van der Waals surface area contributed by atoms with E-state index in [0.29, 0.717) is 5.75 Å². The summed E-state index contributed by atoms with van der Waals surface area (Å²) in [6.07, 6.45) is 7.04. The Labute approximate surface area is 106 Å². The second-order valence-corrected chi connectivity index (χ2v) is 7.40. The molecule has 0 aromatic carbocycles. The van der Waals surface area contributed by atoms with E-state index in [1.165, 1.54) is 6.42 Å². The van der Waals surface area contributed by atoms with Crippen molar-refractivity contribution in [3.05, 3.63) is 0 Å². The van der Waals surface area contributed by atoms with Gasteiger partial charge in [-0.1, -0.05) is 39.5 Å². The summed E-state index contributed by atoms with van der Waals surface area (Å²) in [6.45, 7) is 4.97. The first kappa shape index (κ1) is 15.0. The van der Waals surface area contributed by atoms with E-state index in [9.17, 15) is 8.42 Å². The van der Waals surface area contributed by atoms with Crippen molar-refractivity contribution in [2.75, 3.05) is 12.3 Å². The molecule has 2 unspecified atom stereocenters. The molecule has 0 radical (unpaired) electrons. The fourth-order valence-electron chi connectivity index (χ4n) is 2.70. The Morgan fingerprint density at radius 3 is 2.47 bits per heavy atom. The van der Waals surface area contributed by atoms with E-state index in [4.69, 9.17) is 0 Å². The van der Waals surface area contributed by atoms with Gasteiger partial charge in [0.05, 0.1) is 11.0 Å². The number of hydrogen-bond donors (Lipinski definition) is 1. The topological polar surface area (TPSA) is 46.2 Å². The van der Waals surface area contributed by atoms with Crippen LogP contribution in [0.1, 0.15) is 58.8 Å². The number of hydrogen-bond acceptors (Lipinski definition) is 3. The summed E-state index contributed by atoms with van der Waals surface area (Å²) in [5.41, 5.74) is 0. The van der Waals surface area contributed by atoms with Crippen molar-refractivity contribution < 1.29 is 8.42 Å². The third kappa shape index (κ3) is 4.59. The molecule has 1 N–H and O–H groups in total. The van der Waals surface area contributed by atoms with Gasteiger partial charge in [0.15, 0.2) is 9.84 Å². The minimum absolute atomic E-state index is 0.142. The van der Waals surface area contributed by atoms with Crippen LogP contribution in [0.4, 0.5) is 0 Å². The zero-order chi connectivity index (χ0) is 12.7. The highest BCUT2D eigenvalue weighted by Gasteiger charge is 2.33. The summed E-state index contributed by atoms with van der Waals surface area (Å²) in [6, 6.07) is 0.185. The van der Waals surface area contributed by atoms with Crippen molar-refractivity contribution in [1.29, 1.82) is 0 Å². The van der Waals surface area contributed by atoms with Gasteiger partial charge in [0.1, 0.15) is 0 Å². The molecule has 4 heteroatoms. The summed E-state index contributed by atoms with van der Waals surface area (Å²) in [5, 5.41) is 3.24. The number of sulfone groups is 1. The quantitative estimate of drug-likeness (QED) is 0.747. The van der Waals surface area contributed by atoms with E-state index < -0.39 is 9.84 Å². The summed E-state index contributed by atoms with van der Waals surface area (Å²) in [4.78, 5) is 0. The molecule has 3 nitrogen and oxygen atoms in total. The average molecular weight is 261 g/mol. The maximum atomic E-state index is 12.3. The summed E-state index contributed by atoms with van der Waals surface area (Å²) >= 11 is 0. The Hall–Kier alpha value is -0.0900. The Morgan fingerprint density at radius 2 is 1.82 bits per heavy atom. The number of unbranched alkanes of at least 4 members (excludes halogenated alkanes) is 1. The molecule has 2 atom stereocenters. The van der Waals surface area contributed by atoms with Gasteiger partial charge in [0.25, 0.3) is 0 Å². The maximum Gasteiger partial charge on any atom is 0.154 e. The number of rotatable bonds is 6. The standard InChI is InChI=1S/C13H27NO2S/c1-3-5-11-17(15,16)13-10-8-6-7-9-12(13)14-4-2/h12-14H,3-11H2,1-2H3. The normalized spacial score (nSPS) is 26.7. The van der Waals surface area contributed by atoms with E-state index in [1.807, 2.05) is 6.92 Å². The smallest absolute Gasteiger partial charge is 0.154 e. The second-order valence-electron chi connectivity index (χ2n) is 5.06. The van der Waals surface area contributed by atoms with Gasteiger partial charge in [-0.05, 0) is 25.8 Å². The van der Waals surface area contributed by atoms with Crippen LogP contribution in [0.15, 0.2) is 0 Å². The van der Waals surface area contributed by atoms with Gasteiger partial charge in [-0.2, -0.15) is 0 Å². The molecule has 0 amide bonds. The maximum absolute atomic E-state index is 12.3. The van der Waals surface area contributed by atoms with E-state index >= 15 is 0 Å². The summed E-state index contributed by atoms with van der Waals surface area (Å²) in [5.74, 6) is 0.371. The molecular weight excluding hydrogens is 234 g/mol. The predicted octanol–water partition coefficient (Wildman–Crippen LogP) is 2.51. The molecule has 17 heavy (non-hydrogen) atoms. The number of nitrogens with one attached hydrogen (secondary N) is 1. The van der Waals surface area contributed by atoms with Crippen LogP contribution in [-0.2, 0) is 9.84 Å². The molecule has 0 aliphatic heterocycles. The Morgan fingerprint density at radius 1 is 1.12 bits per heavy atom. The van der Waals surface area contributed by atoms with Gasteiger partial charge in [0, 0.05) is 6.04 Å². The molecule has 1 aliphatic rings. The van der Waals surface area contributed by atoms with Crippen LogP contribution in [0.25, 0.3) is 0 Å². The lowest BCUT2D eigenvalue weighted by atomic mass is 10.1. The molecule has 1 rings (SSSR count). The van der Waals surface area contributed by atoms with Crippen LogP contribution in [0.2, 0.25) is 0 Å². The minimum atomic E-state index is -2.90. The Kier molecular flexibility index (Phi) is 6.49. The second kappa shape index (κ2) is 7.37. The van der Waals surface area contributed by atoms with Crippen LogP contribution in [-0.4, -0.2) is 32.0 Å². The zero-order valence-electron chi connectivity index (χ0n) is 11.2. The van der Waals surface area contributed by atoms with E-state index in [0.717, 1.165) is 45.1 Å². The van der Waals surface area contributed by atoms with E-state index in [2.05, 4.69) is 12.2 Å². The Balaban J connectivity index is 2.73. The van der Waals surface area contributed by atoms with Gasteiger partial charge in [-0.25, -0.2) is 8.42 Å².